The predicted octanol–water partition coefficient (Wildman–Crippen LogP) is 4.97. The van der Waals surface area contributed by atoms with E-state index in [2.05, 4.69) is 21.1 Å². The molecule has 5 aliphatic rings. The number of rotatable bonds is 12. The molecule has 6 rings (SSSR count). The molecule has 3 aliphatic carbocycles. The molecule has 1 aromatic rings. The first-order valence-corrected chi connectivity index (χ1v) is 19.0. The van der Waals surface area contributed by atoms with Gasteiger partial charge in [-0.05, 0) is 61.5 Å². The zero-order valence-corrected chi connectivity index (χ0v) is 30.7. The molecule has 278 valence electrons. The van der Waals surface area contributed by atoms with Crippen molar-refractivity contribution in [2.45, 2.75) is 140 Å². The molecule has 2 heterocycles. The highest BCUT2D eigenvalue weighted by atomic mass is 35.5. The third-order valence-corrected chi connectivity index (χ3v) is 11.3. The lowest BCUT2D eigenvalue weighted by Crippen LogP contribution is -2.59. The Balaban J connectivity index is 1.24. The molecule has 4 fully saturated rings. The normalized spacial score (nSPS) is 25.0. The maximum Gasteiger partial charge on any atom is 0.289 e. The largest absolute Gasteiger partial charge is 0.387 e. The van der Waals surface area contributed by atoms with Crippen LogP contribution in [0.3, 0.4) is 0 Å². The number of Topliss-reactive ketones (excluding diaryl/α,β-unsaturated/α-hetero) is 1. The van der Waals surface area contributed by atoms with Gasteiger partial charge in [0.1, 0.15) is 17.9 Å². The van der Waals surface area contributed by atoms with E-state index in [1.807, 2.05) is 20.8 Å². The summed E-state index contributed by atoms with van der Waals surface area (Å²) in [5.41, 5.74) is -0.756. The van der Waals surface area contributed by atoms with Crippen molar-refractivity contribution in [1.29, 1.82) is 0 Å². The van der Waals surface area contributed by atoms with E-state index < -0.39 is 58.5 Å². The van der Waals surface area contributed by atoms with Crippen molar-refractivity contribution >= 4 is 46.7 Å². The molecule has 4 atom stereocenters. The van der Waals surface area contributed by atoms with Crippen LogP contribution < -0.4 is 16.0 Å². The molecule has 1 spiro atoms. The molecule has 1 aromatic carbocycles. The van der Waals surface area contributed by atoms with Gasteiger partial charge in [-0.1, -0.05) is 82.1 Å². The highest BCUT2D eigenvalue weighted by molar-refractivity contribution is 6.38. The molecule has 51 heavy (non-hydrogen) atoms. The fourth-order valence-electron chi connectivity index (χ4n) is 7.65. The highest BCUT2D eigenvalue weighted by Gasteiger charge is 2.56. The van der Waals surface area contributed by atoms with Crippen LogP contribution >= 0.6 is 11.6 Å². The van der Waals surface area contributed by atoms with Crippen LogP contribution in [0.4, 0.5) is 4.39 Å². The quantitative estimate of drug-likeness (QED) is 0.205. The van der Waals surface area contributed by atoms with Crippen LogP contribution in [0.5, 0.6) is 0 Å². The summed E-state index contributed by atoms with van der Waals surface area (Å²) in [5.74, 6) is -2.69. The van der Waals surface area contributed by atoms with Gasteiger partial charge in [0.2, 0.25) is 23.5 Å². The summed E-state index contributed by atoms with van der Waals surface area (Å²) < 4.78 is 14.0. The van der Waals surface area contributed by atoms with E-state index in [4.69, 9.17) is 16.4 Å². The average Bonchev–Trinajstić information content (AvgIpc) is 4.01. The first-order valence-electron chi connectivity index (χ1n) is 18.7. The molecule has 0 bridgehead atoms. The molecule has 0 aromatic heterocycles. The number of halogens is 2. The Bertz CT molecular complexity index is 1560. The smallest absolute Gasteiger partial charge is 0.289 e. The lowest BCUT2D eigenvalue weighted by molar-refractivity contribution is -0.145. The molecule has 1 saturated heterocycles. The predicted molar refractivity (Wildman–Crippen MR) is 189 cm³/mol. The monoisotopic (exact) mass is 727 g/mol. The Kier molecular flexibility index (Phi) is 11.1. The van der Waals surface area contributed by atoms with Gasteiger partial charge >= 0.3 is 0 Å². The summed E-state index contributed by atoms with van der Waals surface area (Å²) in [6, 6.07) is 1.17. The molecular weight excluding hydrogens is 677 g/mol. The molecule has 1 unspecified atom stereocenters. The van der Waals surface area contributed by atoms with Crippen molar-refractivity contribution in [2.24, 2.45) is 22.4 Å². The molecule has 13 heteroatoms. The van der Waals surface area contributed by atoms with Crippen molar-refractivity contribution in [3.05, 3.63) is 34.6 Å². The fourth-order valence-corrected chi connectivity index (χ4v) is 7.83. The van der Waals surface area contributed by atoms with E-state index in [1.165, 1.54) is 29.9 Å². The summed E-state index contributed by atoms with van der Waals surface area (Å²) in [7, 11) is 0. The highest BCUT2D eigenvalue weighted by Crippen LogP contribution is 2.41. The topological polar surface area (TPSA) is 146 Å². The Morgan fingerprint density at radius 3 is 2.33 bits per heavy atom. The first kappa shape index (κ1) is 37.2. The van der Waals surface area contributed by atoms with Crippen molar-refractivity contribution in [3.8, 4) is 0 Å². The molecule has 0 radical (unpaired) electrons. The van der Waals surface area contributed by atoms with Gasteiger partial charge in [0.15, 0.2) is 5.60 Å². The Morgan fingerprint density at radius 2 is 1.71 bits per heavy atom. The maximum atomic E-state index is 14.7. The van der Waals surface area contributed by atoms with E-state index in [1.54, 1.807) is 6.07 Å². The molecule has 3 N–H and O–H groups in total. The number of carbonyl (C=O) groups excluding carboxylic acids is 5. The van der Waals surface area contributed by atoms with Gasteiger partial charge in [0, 0.05) is 30.9 Å². The second-order valence-corrected chi connectivity index (χ2v) is 17.0. The van der Waals surface area contributed by atoms with Crippen molar-refractivity contribution in [3.63, 3.8) is 0 Å². The van der Waals surface area contributed by atoms with Gasteiger partial charge in [0.05, 0.1) is 23.3 Å². The SMILES string of the molecule is CC(C)(C)C(NC(=O)CC1CCCCCC1)C(=O)N1C[C@@]2(CC(c3ccc(F)c(Cl)c3)=NO2)C[C@H]1C(=O)N[C@@H](CC1CC1)C(=O)C(=O)NC1CC1. The van der Waals surface area contributed by atoms with Crippen molar-refractivity contribution in [1.82, 2.24) is 20.9 Å². The summed E-state index contributed by atoms with van der Waals surface area (Å²) in [6.45, 7) is 5.60. The number of carbonyl (C=O) groups is 5. The second-order valence-electron chi connectivity index (χ2n) is 16.6. The van der Waals surface area contributed by atoms with E-state index in [0.717, 1.165) is 51.4 Å². The van der Waals surface area contributed by atoms with Gasteiger partial charge in [-0.15, -0.1) is 0 Å². The van der Waals surface area contributed by atoms with Crippen LogP contribution in [-0.2, 0) is 28.8 Å². The van der Waals surface area contributed by atoms with E-state index >= 15 is 0 Å². The number of hydrogen-bond donors (Lipinski definition) is 3. The first-order chi connectivity index (χ1) is 24.2. The number of amides is 4. The number of likely N-dealkylation sites (tertiary alicyclic amines) is 1. The van der Waals surface area contributed by atoms with Crippen LogP contribution in [0.15, 0.2) is 23.4 Å². The fraction of sp³-hybridized carbons (Fsp3) is 0.684. The van der Waals surface area contributed by atoms with Crippen LogP contribution in [0.25, 0.3) is 0 Å². The standard InChI is InChI=1S/C38H51ClFN5O6/c1-37(2,3)33(43-31(46)17-22-8-6-4-5-7-9-22)36(50)45-21-38(19-29(44-51-38)24-12-15-27(40)26(39)18-24)20-30(45)34(48)42-28(16-23-10-11-23)32(47)35(49)41-25-13-14-25/h12,15,18,22-23,25,28,30,33H,4-11,13-14,16-17,19-21H2,1-3H3,(H,41,49)(H,42,48)(H,43,46)/t28-,30-,33?,38+/m0/s1. The molecule has 11 nitrogen and oxygen atoms in total. The van der Waals surface area contributed by atoms with Gasteiger partial charge in [-0.25, -0.2) is 4.39 Å². The Hall–Kier alpha value is -3.54. The molecule has 2 aliphatic heterocycles. The number of benzene rings is 1. The Morgan fingerprint density at radius 1 is 1.00 bits per heavy atom. The second kappa shape index (κ2) is 15.2. The average molecular weight is 728 g/mol. The number of nitrogens with one attached hydrogen (secondary N) is 3. The lowest BCUT2D eigenvalue weighted by Gasteiger charge is -2.36. The summed E-state index contributed by atoms with van der Waals surface area (Å²) in [6.07, 6.45) is 10.9. The molecule has 4 amide bonds. The number of nitrogens with zero attached hydrogens (tertiary/aromatic N) is 2. The number of ketones is 1. The van der Waals surface area contributed by atoms with Crippen molar-refractivity contribution in [2.75, 3.05) is 6.54 Å². The zero-order chi connectivity index (χ0) is 36.5. The van der Waals surface area contributed by atoms with Gasteiger partial charge < -0.3 is 25.7 Å². The van der Waals surface area contributed by atoms with Gasteiger partial charge in [0.25, 0.3) is 5.91 Å². The van der Waals surface area contributed by atoms with E-state index in [9.17, 15) is 28.4 Å². The third-order valence-electron chi connectivity index (χ3n) is 11.0. The minimum atomic E-state index is -1.10. The van der Waals surface area contributed by atoms with E-state index in [0.29, 0.717) is 24.1 Å². The summed E-state index contributed by atoms with van der Waals surface area (Å²) in [4.78, 5) is 76.0. The lowest BCUT2D eigenvalue weighted by atomic mass is 9.85. The Labute approximate surface area is 304 Å². The summed E-state index contributed by atoms with van der Waals surface area (Å²) >= 11 is 6.06. The van der Waals surface area contributed by atoms with Crippen LogP contribution in [0.1, 0.15) is 116 Å². The van der Waals surface area contributed by atoms with E-state index in [-0.39, 0.29) is 48.2 Å². The molecular formula is C38H51ClFN5O6. The van der Waals surface area contributed by atoms with Gasteiger partial charge in [-0.2, -0.15) is 0 Å². The molecule has 3 saturated carbocycles. The van der Waals surface area contributed by atoms with Crippen LogP contribution in [0, 0.1) is 23.1 Å². The maximum absolute atomic E-state index is 14.7. The number of oxime groups is 1. The van der Waals surface area contributed by atoms with Crippen LogP contribution in [0.2, 0.25) is 5.02 Å². The van der Waals surface area contributed by atoms with Crippen LogP contribution in [-0.4, -0.2) is 76.3 Å². The third kappa shape index (κ3) is 9.28. The zero-order valence-electron chi connectivity index (χ0n) is 29.9. The minimum absolute atomic E-state index is 0.0136. The van der Waals surface area contributed by atoms with Crippen molar-refractivity contribution < 1.29 is 33.2 Å². The minimum Gasteiger partial charge on any atom is -0.387 e. The van der Waals surface area contributed by atoms with Gasteiger partial charge in [-0.3, -0.25) is 24.0 Å². The summed E-state index contributed by atoms with van der Waals surface area (Å²) in [5, 5.41) is 12.8. The number of hydrogen-bond acceptors (Lipinski definition) is 7.